The van der Waals surface area contributed by atoms with Gasteiger partial charge < -0.3 is 19.4 Å². The number of piperazine rings is 1. The van der Waals surface area contributed by atoms with Crippen LogP contribution in [0.15, 0.2) is 0 Å². The molecule has 1 unspecified atom stereocenters. The number of hydrogen-bond acceptors (Lipinski definition) is 6. The number of ketones is 1. The normalized spacial score (nSPS) is 24.4. The molecule has 2 saturated heterocycles. The number of carbonyl (C=O) groups excluding carboxylic acids is 3. The molecule has 7 heteroatoms. The molecule has 1 amide bonds. The average molecular weight is 297 g/mol. The molecular formula is C14H23N3O4. The molecule has 2 aliphatic heterocycles. The van der Waals surface area contributed by atoms with E-state index in [0.717, 1.165) is 26.2 Å². The van der Waals surface area contributed by atoms with E-state index in [-0.39, 0.29) is 24.8 Å². The first kappa shape index (κ1) is 15.9. The second kappa shape index (κ2) is 7.00. The number of Topliss-reactive ketones (excluding diaryl/α,β-unsaturated/α-hetero) is 1. The minimum Gasteiger partial charge on any atom is -0.468 e. The molecule has 1 atom stereocenters. The monoisotopic (exact) mass is 297 g/mol. The zero-order valence-corrected chi connectivity index (χ0v) is 12.7. The summed E-state index contributed by atoms with van der Waals surface area (Å²) in [5.74, 6) is -1.64. The van der Waals surface area contributed by atoms with Crippen molar-refractivity contribution in [3.63, 3.8) is 0 Å². The molecule has 0 aromatic carbocycles. The van der Waals surface area contributed by atoms with Crippen LogP contribution in [0.5, 0.6) is 0 Å². The van der Waals surface area contributed by atoms with Gasteiger partial charge in [-0.3, -0.25) is 14.4 Å². The Balaban J connectivity index is 1.76. The summed E-state index contributed by atoms with van der Waals surface area (Å²) in [5, 5.41) is 0. The molecule has 0 radical (unpaired) electrons. The Kier molecular flexibility index (Phi) is 5.30. The van der Waals surface area contributed by atoms with Crippen molar-refractivity contribution in [1.29, 1.82) is 0 Å². The van der Waals surface area contributed by atoms with E-state index in [2.05, 4.69) is 21.6 Å². The van der Waals surface area contributed by atoms with Gasteiger partial charge in [0.1, 0.15) is 5.92 Å². The molecule has 2 rings (SSSR count). The number of ether oxygens (including phenoxy) is 1. The van der Waals surface area contributed by atoms with Crippen molar-refractivity contribution < 1.29 is 19.1 Å². The lowest BCUT2D eigenvalue weighted by atomic mass is 10.1. The van der Waals surface area contributed by atoms with Gasteiger partial charge in [-0.1, -0.05) is 0 Å². The maximum atomic E-state index is 12.1. The molecule has 0 spiro atoms. The Labute approximate surface area is 124 Å². The summed E-state index contributed by atoms with van der Waals surface area (Å²) in [6, 6.07) is 0. The van der Waals surface area contributed by atoms with E-state index in [9.17, 15) is 14.4 Å². The Morgan fingerprint density at radius 1 is 1.24 bits per heavy atom. The average Bonchev–Trinajstić information content (AvgIpc) is 2.87. The van der Waals surface area contributed by atoms with Gasteiger partial charge in [0.2, 0.25) is 5.91 Å². The molecule has 0 saturated carbocycles. The number of likely N-dealkylation sites (N-methyl/N-ethyl adjacent to an activating group) is 1. The summed E-state index contributed by atoms with van der Waals surface area (Å²) in [4.78, 5) is 41.3. The van der Waals surface area contributed by atoms with Crippen LogP contribution in [0.1, 0.15) is 6.42 Å². The van der Waals surface area contributed by atoms with Gasteiger partial charge >= 0.3 is 5.97 Å². The highest BCUT2D eigenvalue weighted by atomic mass is 16.5. The molecule has 118 valence electrons. The van der Waals surface area contributed by atoms with Crippen molar-refractivity contribution in [3.8, 4) is 0 Å². The molecule has 0 N–H and O–H groups in total. The van der Waals surface area contributed by atoms with E-state index >= 15 is 0 Å². The van der Waals surface area contributed by atoms with Crippen molar-refractivity contribution in [3.05, 3.63) is 0 Å². The van der Waals surface area contributed by atoms with Crippen LogP contribution in [-0.2, 0) is 19.1 Å². The molecule has 2 fully saturated rings. The number of rotatable bonds is 4. The van der Waals surface area contributed by atoms with Gasteiger partial charge in [-0.2, -0.15) is 0 Å². The highest BCUT2D eigenvalue weighted by Crippen LogP contribution is 2.15. The van der Waals surface area contributed by atoms with E-state index in [1.807, 2.05) is 0 Å². The van der Waals surface area contributed by atoms with Gasteiger partial charge in [0, 0.05) is 45.7 Å². The molecule has 21 heavy (non-hydrogen) atoms. The van der Waals surface area contributed by atoms with Crippen LogP contribution in [0.3, 0.4) is 0 Å². The van der Waals surface area contributed by atoms with Gasteiger partial charge in [0.15, 0.2) is 5.78 Å². The molecule has 2 heterocycles. The number of likely N-dealkylation sites (tertiary alicyclic amines) is 1. The summed E-state index contributed by atoms with van der Waals surface area (Å²) in [6.07, 6.45) is 0.394. The second-order valence-electron chi connectivity index (χ2n) is 5.71. The first-order valence-corrected chi connectivity index (χ1v) is 7.30. The van der Waals surface area contributed by atoms with E-state index < -0.39 is 11.9 Å². The molecular weight excluding hydrogens is 274 g/mol. The summed E-state index contributed by atoms with van der Waals surface area (Å²) < 4.78 is 4.59. The quantitative estimate of drug-likeness (QED) is 0.481. The first-order valence-electron chi connectivity index (χ1n) is 7.30. The third-order valence-corrected chi connectivity index (χ3v) is 4.21. The lowest BCUT2D eigenvalue weighted by molar-refractivity contribution is -0.147. The van der Waals surface area contributed by atoms with Crippen molar-refractivity contribution >= 4 is 17.7 Å². The molecule has 0 aliphatic carbocycles. The van der Waals surface area contributed by atoms with Crippen molar-refractivity contribution in [1.82, 2.24) is 14.7 Å². The summed E-state index contributed by atoms with van der Waals surface area (Å²) in [6.45, 7) is 4.86. The summed E-state index contributed by atoms with van der Waals surface area (Å²) in [7, 11) is 3.35. The van der Waals surface area contributed by atoms with Crippen molar-refractivity contribution in [2.45, 2.75) is 6.42 Å². The van der Waals surface area contributed by atoms with Crippen LogP contribution in [-0.4, -0.2) is 92.3 Å². The molecule has 2 aliphatic rings. The van der Waals surface area contributed by atoms with Crippen LogP contribution in [0.2, 0.25) is 0 Å². The maximum Gasteiger partial charge on any atom is 0.318 e. The Bertz CT molecular complexity index is 418. The zero-order chi connectivity index (χ0) is 15.4. The lowest BCUT2D eigenvalue weighted by Gasteiger charge is -2.32. The topological polar surface area (TPSA) is 70.2 Å². The Morgan fingerprint density at radius 2 is 1.90 bits per heavy atom. The second-order valence-corrected chi connectivity index (χ2v) is 5.71. The summed E-state index contributed by atoms with van der Waals surface area (Å²) >= 11 is 0. The fraction of sp³-hybridized carbons (Fsp3) is 0.786. The molecule has 7 nitrogen and oxygen atoms in total. The van der Waals surface area contributed by atoms with Crippen LogP contribution >= 0.6 is 0 Å². The van der Waals surface area contributed by atoms with Crippen molar-refractivity contribution in [2.75, 3.05) is 60.0 Å². The van der Waals surface area contributed by atoms with E-state index in [1.54, 1.807) is 0 Å². The number of esters is 1. The van der Waals surface area contributed by atoms with Crippen LogP contribution in [0, 0.1) is 5.92 Å². The minimum atomic E-state index is -0.803. The maximum absolute atomic E-state index is 12.1. The fourth-order valence-corrected chi connectivity index (χ4v) is 2.71. The van der Waals surface area contributed by atoms with Gasteiger partial charge in [0.05, 0.1) is 13.7 Å². The van der Waals surface area contributed by atoms with Gasteiger partial charge in [-0.15, -0.1) is 0 Å². The SMILES string of the molecule is COC(=O)C1CN(C(=O)CCN2CCN(C)CC2)CC1=O. The smallest absolute Gasteiger partial charge is 0.318 e. The number of amides is 1. The standard InChI is InChI=1S/C14H23N3O4/c1-15-5-7-16(8-6-15)4-3-13(19)17-9-11(12(18)10-17)14(20)21-2/h11H,3-10H2,1-2H3. The number of carbonyl (C=O) groups is 3. The lowest BCUT2D eigenvalue weighted by Crippen LogP contribution is -2.45. The largest absolute Gasteiger partial charge is 0.468 e. The minimum absolute atomic E-state index is 0.0291. The Morgan fingerprint density at radius 3 is 2.52 bits per heavy atom. The number of nitrogens with zero attached hydrogens (tertiary/aromatic N) is 3. The van der Waals surface area contributed by atoms with Crippen LogP contribution in [0.4, 0.5) is 0 Å². The van der Waals surface area contributed by atoms with Crippen LogP contribution in [0.25, 0.3) is 0 Å². The fourth-order valence-electron chi connectivity index (χ4n) is 2.71. The van der Waals surface area contributed by atoms with Gasteiger partial charge in [-0.25, -0.2) is 0 Å². The van der Waals surface area contributed by atoms with Crippen molar-refractivity contribution in [2.24, 2.45) is 5.92 Å². The number of hydrogen-bond donors (Lipinski definition) is 0. The molecule has 0 aromatic heterocycles. The van der Waals surface area contributed by atoms with E-state index in [4.69, 9.17) is 0 Å². The molecule has 0 aromatic rings. The highest BCUT2D eigenvalue weighted by molar-refractivity contribution is 6.03. The third-order valence-electron chi connectivity index (χ3n) is 4.21. The molecule has 0 bridgehead atoms. The Hall–Kier alpha value is -1.47. The zero-order valence-electron chi connectivity index (χ0n) is 12.7. The first-order chi connectivity index (χ1) is 10.0. The van der Waals surface area contributed by atoms with Gasteiger partial charge in [0.25, 0.3) is 0 Å². The van der Waals surface area contributed by atoms with Crippen LogP contribution < -0.4 is 0 Å². The highest BCUT2D eigenvalue weighted by Gasteiger charge is 2.38. The third kappa shape index (κ3) is 4.01. The predicted octanol–water partition coefficient (Wildman–Crippen LogP) is -1.18. The van der Waals surface area contributed by atoms with E-state index in [0.29, 0.717) is 13.0 Å². The van der Waals surface area contributed by atoms with E-state index in [1.165, 1.54) is 12.0 Å². The van der Waals surface area contributed by atoms with Gasteiger partial charge in [-0.05, 0) is 7.05 Å². The predicted molar refractivity (Wildman–Crippen MR) is 75.6 cm³/mol. The summed E-state index contributed by atoms with van der Waals surface area (Å²) in [5.41, 5.74) is 0. The number of methoxy groups -OCH3 is 1.